The van der Waals surface area contributed by atoms with Crippen LogP contribution in [0.4, 0.5) is 0 Å². The lowest BCUT2D eigenvalue weighted by Crippen LogP contribution is -2.46. The molecule has 1 aliphatic rings. The maximum Gasteiger partial charge on any atom is 0.226 e. The van der Waals surface area contributed by atoms with Crippen molar-refractivity contribution in [1.29, 1.82) is 0 Å². The number of nitrogens with one attached hydrogen (secondary N) is 1. The van der Waals surface area contributed by atoms with Crippen LogP contribution < -0.4 is 5.32 Å². The van der Waals surface area contributed by atoms with Crippen LogP contribution in [-0.2, 0) is 11.2 Å². The molecule has 0 spiro atoms. The topological polar surface area (TPSA) is 32.3 Å². The van der Waals surface area contributed by atoms with Crippen LogP contribution in [0.2, 0.25) is 0 Å². The van der Waals surface area contributed by atoms with Crippen molar-refractivity contribution >= 4 is 5.91 Å². The van der Waals surface area contributed by atoms with Crippen molar-refractivity contribution in [3.05, 3.63) is 35.9 Å². The smallest absolute Gasteiger partial charge is 0.226 e. The minimum absolute atomic E-state index is 0.0933. The van der Waals surface area contributed by atoms with E-state index in [2.05, 4.69) is 48.3 Å². The van der Waals surface area contributed by atoms with E-state index in [0.29, 0.717) is 17.7 Å². The van der Waals surface area contributed by atoms with Gasteiger partial charge in [-0.15, -0.1) is 0 Å². The van der Waals surface area contributed by atoms with Gasteiger partial charge in [-0.05, 0) is 50.3 Å². The average Bonchev–Trinajstić information content (AvgIpc) is 2.53. The first-order valence-corrected chi connectivity index (χ1v) is 8.59. The van der Waals surface area contributed by atoms with Gasteiger partial charge in [0.05, 0.1) is 0 Å². The van der Waals surface area contributed by atoms with Gasteiger partial charge in [0, 0.05) is 19.0 Å². The predicted molar refractivity (Wildman–Crippen MR) is 91.7 cm³/mol. The molecule has 0 aliphatic carbocycles. The molecule has 1 fully saturated rings. The fourth-order valence-corrected chi connectivity index (χ4v) is 3.43. The second-order valence-electron chi connectivity index (χ2n) is 6.89. The van der Waals surface area contributed by atoms with E-state index in [1.165, 1.54) is 12.0 Å². The van der Waals surface area contributed by atoms with Gasteiger partial charge in [-0.2, -0.15) is 0 Å². The zero-order valence-electron chi connectivity index (χ0n) is 14.2. The van der Waals surface area contributed by atoms with Crippen LogP contribution >= 0.6 is 0 Å². The Labute approximate surface area is 135 Å². The molecule has 1 heterocycles. The molecule has 0 radical (unpaired) electrons. The summed E-state index contributed by atoms with van der Waals surface area (Å²) in [6.45, 7) is 7.19. The highest BCUT2D eigenvalue weighted by atomic mass is 16.2. The van der Waals surface area contributed by atoms with Crippen molar-refractivity contribution in [3.8, 4) is 0 Å². The summed E-state index contributed by atoms with van der Waals surface area (Å²) in [5.41, 5.74) is 1.26. The van der Waals surface area contributed by atoms with Crippen LogP contribution in [-0.4, -0.2) is 37.5 Å². The lowest BCUT2D eigenvalue weighted by molar-refractivity contribution is -0.138. The molecule has 1 aromatic carbocycles. The van der Waals surface area contributed by atoms with Crippen LogP contribution in [0.1, 0.15) is 32.3 Å². The molecule has 3 heteroatoms. The molecule has 1 aliphatic heterocycles. The van der Waals surface area contributed by atoms with E-state index in [-0.39, 0.29) is 5.92 Å². The lowest BCUT2D eigenvalue weighted by Gasteiger charge is -2.36. The van der Waals surface area contributed by atoms with E-state index < -0.39 is 0 Å². The number of hydrogen-bond acceptors (Lipinski definition) is 2. The highest BCUT2D eigenvalue weighted by molar-refractivity contribution is 5.79. The summed E-state index contributed by atoms with van der Waals surface area (Å²) in [7, 11) is 1.99. The molecule has 1 amide bonds. The minimum Gasteiger partial charge on any atom is -0.342 e. The fourth-order valence-electron chi connectivity index (χ4n) is 3.43. The molecule has 122 valence electrons. The lowest BCUT2D eigenvalue weighted by atomic mass is 9.86. The summed E-state index contributed by atoms with van der Waals surface area (Å²) >= 11 is 0. The number of amides is 1. The Morgan fingerprint density at radius 2 is 2.05 bits per heavy atom. The zero-order chi connectivity index (χ0) is 15.9. The monoisotopic (exact) mass is 302 g/mol. The summed E-state index contributed by atoms with van der Waals surface area (Å²) in [6.07, 6.45) is 3.22. The zero-order valence-corrected chi connectivity index (χ0v) is 14.2. The molecular formula is C19H30N2O. The Bertz CT molecular complexity index is 456. The maximum atomic E-state index is 13.0. The van der Waals surface area contributed by atoms with Gasteiger partial charge < -0.3 is 10.2 Å². The van der Waals surface area contributed by atoms with Gasteiger partial charge in [0.15, 0.2) is 0 Å². The van der Waals surface area contributed by atoms with Crippen LogP contribution in [0.3, 0.4) is 0 Å². The van der Waals surface area contributed by atoms with Crippen molar-refractivity contribution in [3.63, 3.8) is 0 Å². The van der Waals surface area contributed by atoms with Crippen molar-refractivity contribution in [2.75, 3.05) is 26.7 Å². The van der Waals surface area contributed by atoms with Crippen molar-refractivity contribution in [2.45, 2.75) is 33.1 Å². The van der Waals surface area contributed by atoms with Crippen molar-refractivity contribution in [1.82, 2.24) is 10.2 Å². The van der Waals surface area contributed by atoms with E-state index in [9.17, 15) is 4.79 Å². The first-order chi connectivity index (χ1) is 10.6. The minimum atomic E-state index is 0.0933. The highest BCUT2D eigenvalue weighted by Gasteiger charge is 2.30. The summed E-state index contributed by atoms with van der Waals surface area (Å²) in [4.78, 5) is 15.1. The van der Waals surface area contributed by atoms with Crippen LogP contribution in [0.15, 0.2) is 30.3 Å². The normalized spacial score (nSPS) is 20.2. The molecule has 3 nitrogen and oxygen atoms in total. The van der Waals surface area contributed by atoms with E-state index in [1.807, 2.05) is 13.1 Å². The molecule has 1 N–H and O–H groups in total. The molecular weight excluding hydrogens is 272 g/mol. The molecule has 22 heavy (non-hydrogen) atoms. The number of benzene rings is 1. The van der Waals surface area contributed by atoms with Crippen LogP contribution in [0, 0.1) is 17.8 Å². The van der Waals surface area contributed by atoms with E-state index in [1.54, 1.807) is 0 Å². The van der Waals surface area contributed by atoms with Gasteiger partial charge in [0.2, 0.25) is 5.91 Å². The molecule has 1 aromatic rings. The number of piperidine rings is 1. The summed E-state index contributed by atoms with van der Waals surface area (Å²) in [6, 6.07) is 10.4. The number of hydrogen-bond donors (Lipinski definition) is 1. The van der Waals surface area contributed by atoms with Gasteiger partial charge in [0.1, 0.15) is 0 Å². The van der Waals surface area contributed by atoms with Crippen molar-refractivity contribution < 1.29 is 4.79 Å². The Balaban J connectivity index is 2.03. The summed E-state index contributed by atoms with van der Waals surface area (Å²) in [5.74, 6) is 1.42. The highest BCUT2D eigenvalue weighted by Crippen LogP contribution is 2.24. The van der Waals surface area contributed by atoms with Gasteiger partial charge in [-0.3, -0.25) is 4.79 Å². The molecule has 2 unspecified atom stereocenters. The van der Waals surface area contributed by atoms with Crippen LogP contribution in [0.25, 0.3) is 0 Å². The van der Waals surface area contributed by atoms with E-state index >= 15 is 0 Å². The second kappa shape index (κ2) is 8.33. The van der Waals surface area contributed by atoms with E-state index in [0.717, 1.165) is 32.5 Å². The molecule has 0 aromatic heterocycles. The Hall–Kier alpha value is -1.35. The van der Waals surface area contributed by atoms with E-state index in [4.69, 9.17) is 0 Å². The number of likely N-dealkylation sites (tertiary alicyclic amines) is 1. The van der Waals surface area contributed by atoms with Gasteiger partial charge in [-0.1, -0.05) is 44.2 Å². The predicted octanol–water partition coefficient (Wildman–Crippen LogP) is 2.96. The molecule has 2 rings (SSSR count). The number of nitrogens with zero attached hydrogens (tertiary/aromatic N) is 1. The summed E-state index contributed by atoms with van der Waals surface area (Å²) in [5, 5.41) is 3.25. The average molecular weight is 302 g/mol. The van der Waals surface area contributed by atoms with Gasteiger partial charge in [0.25, 0.3) is 0 Å². The maximum absolute atomic E-state index is 13.0. The standard InChI is InChI=1S/C19H30N2O/c1-15(2)18(12-16-8-5-4-6-9-16)19(22)21-11-7-10-17(14-21)13-20-3/h4-6,8-9,15,17-18,20H,7,10-14H2,1-3H3. The number of carbonyl (C=O) groups is 1. The first kappa shape index (κ1) is 17.0. The molecule has 0 bridgehead atoms. The third-order valence-electron chi connectivity index (χ3n) is 4.74. The Morgan fingerprint density at radius 1 is 1.32 bits per heavy atom. The van der Waals surface area contributed by atoms with Crippen LogP contribution in [0.5, 0.6) is 0 Å². The fraction of sp³-hybridized carbons (Fsp3) is 0.632. The SMILES string of the molecule is CNCC1CCCN(C(=O)C(Cc2ccccc2)C(C)C)C1. The third-order valence-corrected chi connectivity index (χ3v) is 4.74. The first-order valence-electron chi connectivity index (χ1n) is 8.59. The Kier molecular flexibility index (Phi) is 6.44. The molecule has 2 atom stereocenters. The van der Waals surface area contributed by atoms with Crippen molar-refractivity contribution in [2.24, 2.45) is 17.8 Å². The Morgan fingerprint density at radius 3 is 2.68 bits per heavy atom. The largest absolute Gasteiger partial charge is 0.342 e. The van der Waals surface area contributed by atoms with Gasteiger partial charge >= 0.3 is 0 Å². The van der Waals surface area contributed by atoms with Gasteiger partial charge in [-0.25, -0.2) is 0 Å². The third kappa shape index (κ3) is 4.57. The molecule has 0 saturated carbocycles. The number of carbonyl (C=O) groups excluding carboxylic acids is 1. The number of rotatable bonds is 6. The quantitative estimate of drug-likeness (QED) is 0.876. The summed E-state index contributed by atoms with van der Waals surface area (Å²) < 4.78 is 0. The second-order valence-corrected chi connectivity index (χ2v) is 6.89. The molecule has 1 saturated heterocycles.